The molecule has 0 spiro atoms. The predicted octanol–water partition coefficient (Wildman–Crippen LogP) is -3.32. The number of nitrogens with zero attached hydrogens (tertiary/aromatic N) is 3. The number of aryl methyl sites for hydroxylation is 2. The van der Waals surface area contributed by atoms with Gasteiger partial charge in [-0.3, -0.25) is 9.48 Å². The van der Waals surface area contributed by atoms with Crippen LogP contribution >= 0.6 is 0 Å². The zero-order chi connectivity index (χ0) is 16.9. The van der Waals surface area contributed by atoms with Crippen molar-refractivity contribution < 1.29 is 49.4 Å². The molecule has 0 saturated carbocycles. The van der Waals surface area contributed by atoms with Crippen LogP contribution in [-0.4, -0.2) is 43.8 Å². The van der Waals surface area contributed by atoms with Crippen LogP contribution in [0, 0.1) is 12.8 Å². The van der Waals surface area contributed by atoms with Gasteiger partial charge >= 0.3 is 29.6 Å². The van der Waals surface area contributed by atoms with Crippen LogP contribution in [0.4, 0.5) is 0 Å². The van der Waals surface area contributed by atoms with Gasteiger partial charge in [0.05, 0.1) is 35.4 Å². The molecule has 3 unspecified atom stereocenters. The molecule has 2 aliphatic rings. The van der Waals surface area contributed by atoms with E-state index in [2.05, 4.69) is 5.10 Å². The van der Waals surface area contributed by atoms with Crippen molar-refractivity contribution in [3.05, 3.63) is 23.2 Å². The van der Waals surface area contributed by atoms with E-state index in [-0.39, 0.29) is 47.2 Å². The van der Waals surface area contributed by atoms with Crippen LogP contribution in [0.1, 0.15) is 38.1 Å². The summed E-state index contributed by atoms with van der Waals surface area (Å²) in [4.78, 5) is 25.0. The maximum Gasteiger partial charge on any atom is 1.00 e. The second-order valence-corrected chi connectivity index (χ2v) is 6.25. The van der Waals surface area contributed by atoms with E-state index in [0.29, 0.717) is 17.7 Å². The van der Waals surface area contributed by atoms with Gasteiger partial charge < -0.3 is 19.9 Å². The first-order valence-electron chi connectivity index (χ1n) is 7.87. The topological polar surface area (TPSA) is 98.5 Å². The summed E-state index contributed by atoms with van der Waals surface area (Å²) < 4.78 is 1.83. The molecule has 8 heteroatoms. The van der Waals surface area contributed by atoms with E-state index < -0.39 is 18.0 Å². The Morgan fingerprint density at radius 1 is 1.54 bits per heavy atom. The van der Waals surface area contributed by atoms with E-state index in [1.165, 1.54) is 4.90 Å². The molecule has 3 atom stereocenters. The van der Waals surface area contributed by atoms with Crippen molar-refractivity contribution in [3.63, 3.8) is 0 Å². The summed E-state index contributed by atoms with van der Waals surface area (Å²) in [5.74, 6) is -2.29. The zero-order valence-corrected chi connectivity index (χ0v) is 16.4. The van der Waals surface area contributed by atoms with Gasteiger partial charge in [-0.15, -0.1) is 0 Å². The number of aromatic nitrogens is 2. The molecule has 2 aliphatic heterocycles. The fourth-order valence-electron chi connectivity index (χ4n) is 3.58. The van der Waals surface area contributed by atoms with Crippen LogP contribution < -0.4 is 34.7 Å². The smallest absolute Gasteiger partial charge is 0.543 e. The molecule has 3 rings (SSSR count). The van der Waals surface area contributed by atoms with Crippen molar-refractivity contribution in [2.75, 3.05) is 0 Å². The van der Waals surface area contributed by atoms with Gasteiger partial charge in [0.2, 0.25) is 5.91 Å². The van der Waals surface area contributed by atoms with Crippen molar-refractivity contribution in [3.8, 4) is 0 Å². The van der Waals surface area contributed by atoms with Gasteiger partial charge in [0.25, 0.3) is 0 Å². The molecule has 1 aromatic rings. The molecule has 124 valence electrons. The minimum atomic E-state index is -1.37. The average molecular weight is 341 g/mol. The summed E-state index contributed by atoms with van der Waals surface area (Å²) in [7, 11) is 0. The number of aliphatic hydroxyl groups excluding tert-OH is 1. The molecule has 0 radical (unpaired) electrons. The average Bonchev–Trinajstić information content (AvgIpc) is 2.98. The summed E-state index contributed by atoms with van der Waals surface area (Å²) in [6.07, 6.45) is 0.504. The fraction of sp³-hybridized carbons (Fsp3) is 0.562. The molecule has 0 aliphatic carbocycles. The Morgan fingerprint density at radius 3 is 2.75 bits per heavy atom. The van der Waals surface area contributed by atoms with Crippen LogP contribution in [0.2, 0.25) is 0 Å². The Hall–Kier alpha value is -1.15. The van der Waals surface area contributed by atoms with E-state index in [1.807, 2.05) is 24.6 Å². The number of fused-ring (bicyclic) bond motifs is 1. The summed E-state index contributed by atoms with van der Waals surface area (Å²) in [6, 6.07) is 1.52. The first-order valence-corrected chi connectivity index (χ1v) is 7.87. The van der Waals surface area contributed by atoms with Crippen LogP contribution in [0.25, 0.3) is 5.57 Å². The summed E-state index contributed by atoms with van der Waals surface area (Å²) in [6.45, 7) is 6.26. The van der Waals surface area contributed by atoms with Gasteiger partial charge in [0.15, 0.2) is 0 Å². The third kappa shape index (κ3) is 2.83. The first kappa shape index (κ1) is 19.2. The molecule has 3 heterocycles. The second-order valence-electron chi connectivity index (χ2n) is 6.25. The molecule has 0 aromatic carbocycles. The Labute approximate surface area is 162 Å². The zero-order valence-electron chi connectivity index (χ0n) is 14.4. The number of carboxylic acid groups (broad SMARTS) is 1. The maximum absolute atomic E-state index is 12.2. The van der Waals surface area contributed by atoms with Crippen LogP contribution in [-0.2, 0) is 16.1 Å². The molecule has 1 fully saturated rings. The van der Waals surface area contributed by atoms with Crippen molar-refractivity contribution in [2.24, 2.45) is 5.92 Å². The van der Waals surface area contributed by atoms with Gasteiger partial charge in [0.1, 0.15) is 0 Å². The van der Waals surface area contributed by atoms with E-state index >= 15 is 0 Å². The molecular formula is C16H20N3NaO4. The number of β-lactam (4-membered cyclic amide) rings is 1. The van der Waals surface area contributed by atoms with Gasteiger partial charge in [-0.05, 0) is 32.8 Å². The number of hydrogen-bond acceptors (Lipinski definition) is 5. The van der Waals surface area contributed by atoms with Gasteiger partial charge in [0, 0.05) is 17.8 Å². The molecule has 1 aromatic heterocycles. The first-order chi connectivity index (χ1) is 10.9. The number of aliphatic hydroxyl groups is 1. The maximum atomic E-state index is 12.2. The number of amides is 1. The minimum absolute atomic E-state index is 0. The minimum Gasteiger partial charge on any atom is -0.543 e. The van der Waals surface area contributed by atoms with Crippen molar-refractivity contribution in [2.45, 2.75) is 52.3 Å². The largest absolute Gasteiger partial charge is 1.00 e. The standard InChI is InChI=1S/C16H21N3O4.Na/c1-4-5-18-8(2)6-11(17-18)10-7-12-13(9(3)20)15(21)19(12)14(10)16(22)23;/h6,9,12-13,20H,4-5,7H2,1-3H3,(H,22,23);/q;+1/p-1. The van der Waals surface area contributed by atoms with E-state index in [9.17, 15) is 19.8 Å². The molecule has 0 bridgehead atoms. The molecule has 1 amide bonds. The molecule has 24 heavy (non-hydrogen) atoms. The van der Waals surface area contributed by atoms with Gasteiger partial charge in [-0.2, -0.15) is 5.10 Å². The molecular weight excluding hydrogens is 321 g/mol. The van der Waals surface area contributed by atoms with Crippen molar-refractivity contribution in [1.82, 2.24) is 14.7 Å². The monoisotopic (exact) mass is 341 g/mol. The third-order valence-electron chi connectivity index (χ3n) is 4.65. The van der Waals surface area contributed by atoms with Crippen LogP contribution in [0.5, 0.6) is 0 Å². The predicted molar refractivity (Wildman–Crippen MR) is 79.6 cm³/mol. The van der Waals surface area contributed by atoms with E-state index in [4.69, 9.17) is 0 Å². The van der Waals surface area contributed by atoms with Gasteiger partial charge in [-0.1, -0.05) is 6.92 Å². The summed E-state index contributed by atoms with van der Waals surface area (Å²) in [5, 5.41) is 25.8. The third-order valence-corrected chi connectivity index (χ3v) is 4.65. The SMILES string of the molecule is CCCn1nc(C2=C(C(=O)[O-])N3C(=O)C(C(C)O)C3C2)cc1C.[Na+]. The van der Waals surface area contributed by atoms with Crippen LogP contribution in [0.15, 0.2) is 11.8 Å². The second kappa shape index (κ2) is 7.00. The van der Waals surface area contributed by atoms with Crippen molar-refractivity contribution in [1.29, 1.82) is 0 Å². The summed E-state index contributed by atoms with van der Waals surface area (Å²) in [5.41, 5.74) is 1.93. The Morgan fingerprint density at radius 2 is 2.21 bits per heavy atom. The fourth-order valence-corrected chi connectivity index (χ4v) is 3.58. The normalized spacial score (nSPS) is 23.7. The molecule has 7 nitrogen and oxygen atoms in total. The van der Waals surface area contributed by atoms with E-state index in [1.54, 1.807) is 6.92 Å². The Kier molecular flexibility index (Phi) is 5.59. The van der Waals surface area contributed by atoms with Crippen molar-refractivity contribution >= 4 is 17.4 Å². The Balaban J connectivity index is 0.00000208. The number of carbonyl (C=O) groups excluding carboxylic acids is 2. The summed E-state index contributed by atoms with van der Waals surface area (Å²) >= 11 is 0. The molecule has 1 N–H and O–H groups in total. The molecule has 1 saturated heterocycles. The number of carbonyl (C=O) groups is 2. The van der Waals surface area contributed by atoms with E-state index in [0.717, 1.165) is 18.7 Å². The number of rotatable bonds is 5. The number of carboxylic acids is 1. The Bertz CT molecular complexity index is 710. The number of aliphatic carboxylic acids is 1. The quantitative estimate of drug-likeness (QED) is 0.446. The van der Waals surface area contributed by atoms with Crippen LogP contribution in [0.3, 0.4) is 0 Å². The number of hydrogen-bond donors (Lipinski definition) is 1. The van der Waals surface area contributed by atoms with Gasteiger partial charge in [-0.25, -0.2) is 0 Å².